The Labute approximate surface area is 141 Å². The Morgan fingerprint density at radius 3 is 2.79 bits per heavy atom. The van der Waals surface area contributed by atoms with Gasteiger partial charge < -0.3 is 4.74 Å². The van der Waals surface area contributed by atoms with E-state index in [0.717, 1.165) is 16.2 Å². The van der Waals surface area contributed by atoms with Crippen molar-refractivity contribution < 1.29 is 9.53 Å². The highest BCUT2D eigenvalue weighted by molar-refractivity contribution is 7.99. The minimum Gasteiger partial charge on any atom is -0.461 e. The predicted octanol–water partition coefficient (Wildman–Crippen LogP) is 3.16. The zero-order valence-electron chi connectivity index (χ0n) is 12.7. The topological polar surface area (TPSA) is 72.3 Å². The minimum absolute atomic E-state index is 0.309. The van der Waals surface area contributed by atoms with Gasteiger partial charge in [0.2, 0.25) is 5.78 Å². The number of thioether (sulfide) groups is 1. The third-order valence-corrected chi connectivity index (χ3v) is 4.46. The van der Waals surface area contributed by atoms with E-state index in [1.807, 2.05) is 46.9 Å². The number of aromatic amines is 1. The van der Waals surface area contributed by atoms with E-state index in [2.05, 4.69) is 15.2 Å². The van der Waals surface area contributed by atoms with Gasteiger partial charge in [0, 0.05) is 5.75 Å². The number of benzene rings is 2. The quantitative estimate of drug-likeness (QED) is 0.344. The number of hydrogen-bond donors (Lipinski definition) is 1. The summed E-state index contributed by atoms with van der Waals surface area (Å²) in [4.78, 5) is 16.4. The molecule has 0 saturated carbocycles. The maximum absolute atomic E-state index is 11.9. The highest BCUT2D eigenvalue weighted by Crippen LogP contribution is 2.22. The van der Waals surface area contributed by atoms with Crippen LogP contribution in [-0.2, 0) is 4.74 Å². The van der Waals surface area contributed by atoms with Crippen molar-refractivity contribution in [3.05, 3.63) is 60.2 Å². The van der Waals surface area contributed by atoms with E-state index in [4.69, 9.17) is 4.74 Å². The first-order chi connectivity index (χ1) is 11.8. The standard InChI is InChI=1S/C17H14N4O2S/c22-15(12-6-2-1-3-7-12)23-10-11-24-17-20-19-16-18-13-8-4-5-9-14(13)21(16)17/h1-9H,10-11H2,(H,18,19). The van der Waals surface area contributed by atoms with E-state index in [0.29, 0.717) is 23.7 Å². The molecule has 0 aliphatic heterocycles. The third-order valence-electron chi connectivity index (χ3n) is 3.56. The van der Waals surface area contributed by atoms with E-state index < -0.39 is 0 Å². The molecule has 2 aromatic carbocycles. The number of rotatable bonds is 5. The third kappa shape index (κ3) is 2.74. The zero-order chi connectivity index (χ0) is 16.4. The molecule has 0 spiro atoms. The average Bonchev–Trinajstić information content (AvgIpc) is 3.18. The number of nitrogens with zero attached hydrogens (tertiary/aromatic N) is 3. The van der Waals surface area contributed by atoms with Gasteiger partial charge in [0.05, 0.1) is 16.6 Å². The fourth-order valence-electron chi connectivity index (χ4n) is 2.46. The molecule has 0 atom stereocenters. The van der Waals surface area contributed by atoms with E-state index in [1.165, 1.54) is 11.8 Å². The maximum atomic E-state index is 11.9. The van der Waals surface area contributed by atoms with Crippen LogP contribution in [0, 0.1) is 0 Å². The molecule has 0 fully saturated rings. The molecule has 0 aliphatic rings. The second-order valence-electron chi connectivity index (χ2n) is 5.12. The lowest BCUT2D eigenvalue weighted by molar-refractivity contribution is 0.0530. The average molecular weight is 338 g/mol. The van der Waals surface area contributed by atoms with Gasteiger partial charge in [-0.25, -0.2) is 14.9 Å². The molecule has 120 valence electrons. The summed E-state index contributed by atoms with van der Waals surface area (Å²) in [5.41, 5.74) is 2.48. The number of fused-ring (bicyclic) bond motifs is 3. The zero-order valence-corrected chi connectivity index (χ0v) is 13.5. The number of nitrogens with one attached hydrogen (secondary N) is 1. The van der Waals surface area contributed by atoms with Crippen LogP contribution in [-0.4, -0.2) is 37.9 Å². The van der Waals surface area contributed by atoms with Gasteiger partial charge in [-0.15, -0.1) is 5.10 Å². The van der Waals surface area contributed by atoms with Gasteiger partial charge in [0.15, 0.2) is 5.16 Å². The summed E-state index contributed by atoms with van der Waals surface area (Å²) in [5, 5.41) is 8.01. The Bertz CT molecular complexity index is 994. The molecule has 7 heteroatoms. The van der Waals surface area contributed by atoms with Crippen LogP contribution in [0.15, 0.2) is 59.8 Å². The number of hydrogen-bond acceptors (Lipinski definition) is 5. The second kappa shape index (κ2) is 6.37. The molecule has 0 radical (unpaired) electrons. The molecular weight excluding hydrogens is 324 g/mol. The molecule has 24 heavy (non-hydrogen) atoms. The van der Waals surface area contributed by atoms with Crippen LogP contribution in [0.1, 0.15) is 10.4 Å². The van der Waals surface area contributed by atoms with E-state index in [-0.39, 0.29) is 5.97 Å². The fourth-order valence-corrected chi connectivity index (χ4v) is 3.24. The Hall–Kier alpha value is -2.80. The Kier molecular flexibility index (Phi) is 3.92. The molecule has 0 aliphatic carbocycles. The number of aromatic nitrogens is 4. The molecule has 1 N–H and O–H groups in total. The summed E-state index contributed by atoms with van der Waals surface area (Å²) in [6, 6.07) is 16.9. The molecule has 0 bridgehead atoms. The van der Waals surface area contributed by atoms with Crippen LogP contribution in [0.3, 0.4) is 0 Å². The molecule has 0 saturated heterocycles. The maximum Gasteiger partial charge on any atom is 0.338 e. The number of imidazole rings is 1. The van der Waals surface area contributed by atoms with Gasteiger partial charge in [0.1, 0.15) is 6.61 Å². The molecule has 0 unspecified atom stereocenters. The summed E-state index contributed by atoms with van der Waals surface area (Å²) in [6.45, 7) is 0.319. The molecular formula is C17H14N4O2S. The summed E-state index contributed by atoms with van der Waals surface area (Å²) in [5.74, 6) is 1.02. The van der Waals surface area contributed by atoms with Crippen LogP contribution < -0.4 is 0 Å². The summed E-state index contributed by atoms with van der Waals surface area (Å²) in [6.07, 6.45) is 0. The first-order valence-corrected chi connectivity index (χ1v) is 8.48. The minimum atomic E-state index is -0.309. The van der Waals surface area contributed by atoms with Crippen molar-refractivity contribution in [1.29, 1.82) is 0 Å². The predicted molar refractivity (Wildman–Crippen MR) is 92.3 cm³/mol. The molecule has 4 aromatic rings. The molecule has 0 amide bonds. The number of carbonyl (C=O) groups excluding carboxylic acids is 1. The first kappa shape index (κ1) is 14.8. The number of H-pyrrole nitrogens is 1. The van der Waals surface area contributed by atoms with Crippen molar-refractivity contribution in [2.45, 2.75) is 5.16 Å². The SMILES string of the molecule is O=C(OCCSc1n[nH]c2nc3ccccc3n12)c1ccccc1. The van der Waals surface area contributed by atoms with E-state index in [1.54, 1.807) is 12.1 Å². The Morgan fingerprint density at radius 2 is 1.92 bits per heavy atom. The summed E-state index contributed by atoms with van der Waals surface area (Å²) < 4.78 is 7.26. The lowest BCUT2D eigenvalue weighted by Gasteiger charge is -2.04. The largest absolute Gasteiger partial charge is 0.461 e. The smallest absolute Gasteiger partial charge is 0.338 e. The van der Waals surface area contributed by atoms with Gasteiger partial charge in [0.25, 0.3) is 0 Å². The van der Waals surface area contributed by atoms with Gasteiger partial charge in [-0.3, -0.25) is 4.40 Å². The van der Waals surface area contributed by atoms with Gasteiger partial charge in [-0.1, -0.05) is 42.1 Å². The first-order valence-electron chi connectivity index (χ1n) is 7.49. The summed E-state index contributed by atoms with van der Waals surface area (Å²) in [7, 11) is 0. The van der Waals surface area contributed by atoms with Crippen LogP contribution in [0.5, 0.6) is 0 Å². The van der Waals surface area contributed by atoms with Crippen molar-refractivity contribution in [2.75, 3.05) is 12.4 Å². The van der Waals surface area contributed by atoms with Crippen LogP contribution in [0.25, 0.3) is 16.8 Å². The normalized spacial score (nSPS) is 11.2. The van der Waals surface area contributed by atoms with Crippen molar-refractivity contribution in [3.63, 3.8) is 0 Å². The Balaban J connectivity index is 1.41. The Morgan fingerprint density at radius 1 is 1.12 bits per heavy atom. The molecule has 2 aromatic heterocycles. The number of carbonyl (C=O) groups is 1. The number of para-hydroxylation sites is 2. The molecule has 4 rings (SSSR count). The number of ether oxygens (including phenoxy) is 1. The van der Waals surface area contributed by atoms with Crippen molar-refractivity contribution >= 4 is 34.5 Å². The van der Waals surface area contributed by atoms with Crippen LogP contribution >= 0.6 is 11.8 Å². The fraction of sp³-hybridized carbons (Fsp3) is 0.118. The van der Waals surface area contributed by atoms with Gasteiger partial charge in [-0.05, 0) is 24.3 Å². The van der Waals surface area contributed by atoms with Crippen molar-refractivity contribution in [3.8, 4) is 0 Å². The van der Waals surface area contributed by atoms with E-state index >= 15 is 0 Å². The molecule has 2 heterocycles. The van der Waals surface area contributed by atoms with E-state index in [9.17, 15) is 4.79 Å². The lowest BCUT2D eigenvalue weighted by Crippen LogP contribution is -2.07. The number of esters is 1. The van der Waals surface area contributed by atoms with Gasteiger partial charge in [-0.2, -0.15) is 0 Å². The second-order valence-corrected chi connectivity index (χ2v) is 6.18. The van der Waals surface area contributed by atoms with Crippen molar-refractivity contribution in [1.82, 2.24) is 19.6 Å². The van der Waals surface area contributed by atoms with Crippen LogP contribution in [0.2, 0.25) is 0 Å². The monoisotopic (exact) mass is 338 g/mol. The molecule has 6 nitrogen and oxygen atoms in total. The highest BCUT2D eigenvalue weighted by atomic mass is 32.2. The highest BCUT2D eigenvalue weighted by Gasteiger charge is 2.12. The lowest BCUT2D eigenvalue weighted by atomic mass is 10.2. The van der Waals surface area contributed by atoms with Crippen molar-refractivity contribution in [2.24, 2.45) is 0 Å². The van der Waals surface area contributed by atoms with Gasteiger partial charge >= 0.3 is 5.97 Å². The summed E-state index contributed by atoms with van der Waals surface area (Å²) >= 11 is 1.52. The van der Waals surface area contributed by atoms with Crippen LogP contribution in [0.4, 0.5) is 0 Å².